The van der Waals surface area contributed by atoms with Gasteiger partial charge in [0.25, 0.3) is 0 Å². The fourth-order valence-corrected chi connectivity index (χ4v) is 2.06. The van der Waals surface area contributed by atoms with E-state index in [9.17, 15) is 0 Å². The quantitative estimate of drug-likeness (QED) is 0.805. The second-order valence-electron chi connectivity index (χ2n) is 3.82. The fourth-order valence-electron chi connectivity index (χ4n) is 1.49. The Balaban J connectivity index is 2.47. The van der Waals surface area contributed by atoms with Crippen molar-refractivity contribution in [2.24, 2.45) is 0 Å². The van der Waals surface area contributed by atoms with Gasteiger partial charge in [0.15, 0.2) is 0 Å². The highest BCUT2D eigenvalue weighted by atomic mass is 35.5. The van der Waals surface area contributed by atoms with E-state index in [1.54, 1.807) is 13.2 Å². The summed E-state index contributed by atoms with van der Waals surface area (Å²) in [6.45, 7) is 1.32. The van der Waals surface area contributed by atoms with Gasteiger partial charge < -0.3 is 15.2 Å². The number of benzene rings is 1. The van der Waals surface area contributed by atoms with E-state index in [-0.39, 0.29) is 12.6 Å². The van der Waals surface area contributed by atoms with Gasteiger partial charge in [0, 0.05) is 36.3 Å². The van der Waals surface area contributed by atoms with E-state index in [1.807, 2.05) is 12.1 Å². The Labute approximate surface area is 112 Å². The minimum absolute atomic E-state index is 0.0210. The average Bonchev–Trinajstić information content (AvgIpc) is 2.28. The molecule has 3 nitrogen and oxygen atoms in total. The van der Waals surface area contributed by atoms with Crippen LogP contribution in [0.3, 0.4) is 0 Å². The molecule has 0 aliphatic heterocycles. The van der Waals surface area contributed by atoms with Crippen LogP contribution in [0.15, 0.2) is 18.2 Å². The van der Waals surface area contributed by atoms with Crippen LogP contribution in [-0.4, -0.2) is 31.5 Å². The van der Waals surface area contributed by atoms with Crippen LogP contribution in [0.1, 0.15) is 12.0 Å². The lowest BCUT2D eigenvalue weighted by atomic mass is 10.2. The van der Waals surface area contributed by atoms with Crippen LogP contribution >= 0.6 is 23.2 Å². The summed E-state index contributed by atoms with van der Waals surface area (Å²) >= 11 is 11.8. The summed E-state index contributed by atoms with van der Waals surface area (Å²) in [6.07, 6.45) is 0.765. The Hall–Kier alpha value is -0.320. The molecule has 96 valence electrons. The highest BCUT2D eigenvalue weighted by molar-refractivity contribution is 6.34. The third-order valence-corrected chi connectivity index (χ3v) is 2.84. The van der Waals surface area contributed by atoms with Crippen LogP contribution in [0.25, 0.3) is 0 Å². The Morgan fingerprint density at radius 1 is 1.29 bits per heavy atom. The van der Waals surface area contributed by atoms with Crippen molar-refractivity contribution in [3.8, 4) is 0 Å². The normalized spacial score (nSPS) is 12.7. The number of hydrogen-bond donors (Lipinski definition) is 2. The minimum Gasteiger partial charge on any atom is -0.395 e. The molecule has 1 rings (SSSR count). The summed E-state index contributed by atoms with van der Waals surface area (Å²) in [4.78, 5) is 0. The van der Waals surface area contributed by atoms with Crippen molar-refractivity contribution in [2.45, 2.75) is 19.0 Å². The molecular formula is C12H17Cl2NO2. The first-order valence-corrected chi connectivity index (χ1v) is 6.19. The van der Waals surface area contributed by atoms with E-state index in [1.165, 1.54) is 0 Å². The van der Waals surface area contributed by atoms with Crippen molar-refractivity contribution in [1.29, 1.82) is 0 Å². The van der Waals surface area contributed by atoms with E-state index in [2.05, 4.69) is 5.32 Å². The van der Waals surface area contributed by atoms with Crippen molar-refractivity contribution in [2.75, 3.05) is 20.3 Å². The fraction of sp³-hybridized carbons (Fsp3) is 0.500. The van der Waals surface area contributed by atoms with Crippen molar-refractivity contribution >= 4 is 23.2 Å². The molecule has 0 fully saturated rings. The standard InChI is InChI=1S/C12H17Cl2NO2/c1-17-3-2-12(8-16)15-7-9-4-10(13)6-11(14)5-9/h4-6,12,15-16H,2-3,7-8H2,1H3. The zero-order valence-corrected chi connectivity index (χ0v) is 11.3. The molecular weight excluding hydrogens is 261 g/mol. The second kappa shape index (κ2) is 7.90. The maximum atomic E-state index is 9.17. The lowest BCUT2D eigenvalue weighted by molar-refractivity contribution is 0.159. The molecule has 0 aliphatic carbocycles. The Kier molecular flexibility index (Phi) is 6.85. The molecule has 17 heavy (non-hydrogen) atoms. The molecule has 5 heteroatoms. The maximum absolute atomic E-state index is 9.17. The SMILES string of the molecule is COCCC(CO)NCc1cc(Cl)cc(Cl)c1. The largest absolute Gasteiger partial charge is 0.395 e. The summed E-state index contributed by atoms with van der Waals surface area (Å²) in [5.41, 5.74) is 0.998. The van der Waals surface area contributed by atoms with Gasteiger partial charge in [0.2, 0.25) is 0 Å². The molecule has 0 saturated carbocycles. The topological polar surface area (TPSA) is 41.5 Å². The van der Waals surface area contributed by atoms with Gasteiger partial charge in [-0.15, -0.1) is 0 Å². The molecule has 1 atom stereocenters. The summed E-state index contributed by atoms with van der Waals surface area (Å²) in [6, 6.07) is 5.42. The molecule has 1 unspecified atom stereocenters. The van der Waals surface area contributed by atoms with Gasteiger partial charge >= 0.3 is 0 Å². The Morgan fingerprint density at radius 2 is 1.94 bits per heavy atom. The lowest BCUT2D eigenvalue weighted by Gasteiger charge is -2.16. The van der Waals surface area contributed by atoms with Crippen LogP contribution < -0.4 is 5.32 Å². The van der Waals surface area contributed by atoms with Gasteiger partial charge in [-0.25, -0.2) is 0 Å². The van der Waals surface area contributed by atoms with Crippen molar-refractivity contribution in [3.05, 3.63) is 33.8 Å². The Bertz CT molecular complexity index is 327. The zero-order chi connectivity index (χ0) is 12.7. The smallest absolute Gasteiger partial charge is 0.0585 e. The summed E-state index contributed by atoms with van der Waals surface area (Å²) in [5, 5.41) is 13.6. The first kappa shape index (κ1) is 14.7. The molecule has 0 heterocycles. The number of ether oxygens (including phenoxy) is 1. The van der Waals surface area contributed by atoms with Crippen LogP contribution in [0, 0.1) is 0 Å². The molecule has 0 bridgehead atoms. The number of aliphatic hydroxyl groups excluding tert-OH is 1. The van der Waals surface area contributed by atoms with Crippen LogP contribution in [0.4, 0.5) is 0 Å². The van der Waals surface area contributed by atoms with Gasteiger partial charge in [-0.3, -0.25) is 0 Å². The first-order valence-electron chi connectivity index (χ1n) is 5.44. The van der Waals surface area contributed by atoms with Gasteiger partial charge in [-0.05, 0) is 30.2 Å². The predicted molar refractivity (Wildman–Crippen MR) is 70.7 cm³/mol. The number of rotatable bonds is 7. The third-order valence-electron chi connectivity index (χ3n) is 2.41. The van der Waals surface area contributed by atoms with Gasteiger partial charge in [-0.2, -0.15) is 0 Å². The number of hydrogen-bond acceptors (Lipinski definition) is 3. The molecule has 0 radical (unpaired) electrons. The number of nitrogens with one attached hydrogen (secondary N) is 1. The molecule has 1 aromatic carbocycles. The van der Waals surface area contributed by atoms with Crippen LogP contribution in [-0.2, 0) is 11.3 Å². The molecule has 2 N–H and O–H groups in total. The number of halogens is 2. The zero-order valence-electron chi connectivity index (χ0n) is 9.75. The molecule has 0 amide bonds. The Morgan fingerprint density at radius 3 is 2.47 bits per heavy atom. The van der Waals surface area contributed by atoms with Crippen LogP contribution in [0.2, 0.25) is 10.0 Å². The number of aliphatic hydroxyl groups is 1. The average molecular weight is 278 g/mol. The van der Waals surface area contributed by atoms with E-state index < -0.39 is 0 Å². The van der Waals surface area contributed by atoms with Crippen molar-refractivity contribution < 1.29 is 9.84 Å². The van der Waals surface area contributed by atoms with Crippen molar-refractivity contribution in [1.82, 2.24) is 5.32 Å². The third kappa shape index (κ3) is 5.70. The second-order valence-corrected chi connectivity index (χ2v) is 4.69. The monoisotopic (exact) mass is 277 g/mol. The molecule has 0 aromatic heterocycles. The maximum Gasteiger partial charge on any atom is 0.0585 e. The highest BCUT2D eigenvalue weighted by Crippen LogP contribution is 2.18. The van der Waals surface area contributed by atoms with Crippen molar-refractivity contribution in [3.63, 3.8) is 0 Å². The van der Waals surface area contributed by atoms with E-state index in [4.69, 9.17) is 33.0 Å². The van der Waals surface area contributed by atoms with Gasteiger partial charge in [-0.1, -0.05) is 23.2 Å². The minimum atomic E-state index is 0.0210. The van der Waals surface area contributed by atoms with Gasteiger partial charge in [0.05, 0.1) is 6.61 Å². The first-order chi connectivity index (χ1) is 8.15. The molecule has 0 saturated heterocycles. The summed E-state index contributed by atoms with van der Waals surface area (Å²) in [7, 11) is 1.64. The summed E-state index contributed by atoms with van der Waals surface area (Å²) < 4.78 is 4.97. The lowest BCUT2D eigenvalue weighted by Crippen LogP contribution is -2.33. The van der Waals surface area contributed by atoms with E-state index in [0.29, 0.717) is 23.2 Å². The predicted octanol–water partition coefficient (Wildman–Crippen LogP) is 2.48. The van der Waals surface area contributed by atoms with Gasteiger partial charge in [0.1, 0.15) is 0 Å². The highest BCUT2D eigenvalue weighted by Gasteiger charge is 2.06. The van der Waals surface area contributed by atoms with Crippen LogP contribution in [0.5, 0.6) is 0 Å². The van der Waals surface area contributed by atoms with E-state index >= 15 is 0 Å². The van der Waals surface area contributed by atoms with E-state index in [0.717, 1.165) is 12.0 Å². The number of methoxy groups -OCH3 is 1. The molecule has 0 spiro atoms. The summed E-state index contributed by atoms with van der Waals surface area (Å²) in [5.74, 6) is 0. The molecule has 0 aliphatic rings. The molecule has 1 aromatic rings.